The third kappa shape index (κ3) is 3.33. The number of benzene rings is 1. The molecule has 3 nitrogen and oxygen atoms in total. The zero-order chi connectivity index (χ0) is 13.8. The molecule has 100 valence electrons. The minimum Gasteiger partial charge on any atom is -0.341 e. The Morgan fingerprint density at radius 1 is 1.33 bits per heavy atom. The minimum absolute atomic E-state index is 0.0193. The highest BCUT2D eigenvalue weighted by molar-refractivity contribution is 9.10. The first-order chi connectivity index (χ1) is 8.43. The largest absolute Gasteiger partial charge is 0.341 e. The monoisotopic (exact) mass is 312 g/mol. The Labute approximate surface area is 117 Å². The highest BCUT2D eigenvalue weighted by atomic mass is 79.9. The van der Waals surface area contributed by atoms with Gasteiger partial charge in [0.2, 0.25) is 5.91 Å². The summed E-state index contributed by atoms with van der Waals surface area (Å²) in [6.45, 7) is 7.25. The molecule has 1 aromatic carbocycles. The van der Waals surface area contributed by atoms with Gasteiger partial charge < -0.3 is 10.6 Å². The molecule has 2 N–H and O–H groups in total. The van der Waals surface area contributed by atoms with Gasteiger partial charge in [0.15, 0.2) is 0 Å². The Hall–Kier alpha value is -0.870. The second kappa shape index (κ2) is 6.34. The summed E-state index contributed by atoms with van der Waals surface area (Å²) in [6.07, 6.45) is 0.940. The predicted molar refractivity (Wildman–Crippen MR) is 78.2 cm³/mol. The van der Waals surface area contributed by atoms with Crippen LogP contribution in [0.3, 0.4) is 0 Å². The number of nitrogens with zero attached hydrogens (tertiary/aromatic N) is 1. The summed E-state index contributed by atoms with van der Waals surface area (Å²) in [5.74, 6) is -0.0193. The Morgan fingerprint density at radius 2 is 1.89 bits per heavy atom. The number of carbonyl (C=O) groups is 1. The second-order valence-corrected chi connectivity index (χ2v) is 5.51. The van der Waals surface area contributed by atoms with Crippen molar-refractivity contribution in [1.29, 1.82) is 0 Å². The molecule has 0 aliphatic carbocycles. The van der Waals surface area contributed by atoms with Crippen LogP contribution in [0.1, 0.15) is 32.8 Å². The lowest BCUT2D eigenvalue weighted by Gasteiger charge is -2.31. The van der Waals surface area contributed by atoms with Crippen LogP contribution in [-0.2, 0) is 10.3 Å². The van der Waals surface area contributed by atoms with Crippen molar-refractivity contribution in [2.75, 3.05) is 13.1 Å². The molecule has 4 heteroatoms. The van der Waals surface area contributed by atoms with Gasteiger partial charge in [-0.05, 0) is 38.0 Å². The smallest absolute Gasteiger partial charge is 0.246 e. The average Bonchev–Trinajstić information content (AvgIpc) is 2.35. The molecule has 0 aliphatic heterocycles. The van der Waals surface area contributed by atoms with Gasteiger partial charge in [-0.1, -0.05) is 35.0 Å². The molecule has 0 fully saturated rings. The maximum absolute atomic E-state index is 12.5. The van der Waals surface area contributed by atoms with E-state index >= 15 is 0 Å². The number of amides is 1. The SMILES string of the molecule is CCCN(CC)C(=O)C(C)(N)c1ccc(Br)cc1. The summed E-state index contributed by atoms with van der Waals surface area (Å²) in [6, 6.07) is 7.59. The molecule has 0 bridgehead atoms. The topological polar surface area (TPSA) is 46.3 Å². The van der Waals surface area contributed by atoms with Gasteiger partial charge in [-0.2, -0.15) is 0 Å². The van der Waals surface area contributed by atoms with Gasteiger partial charge >= 0.3 is 0 Å². The van der Waals surface area contributed by atoms with Crippen molar-refractivity contribution in [3.63, 3.8) is 0 Å². The van der Waals surface area contributed by atoms with Gasteiger partial charge in [0.25, 0.3) is 0 Å². The summed E-state index contributed by atoms with van der Waals surface area (Å²) >= 11 is 3.38. The van der Waals surface area contributed by atoms with Crippen LogP contribution in [0.25, 0.3) is 0 Å². The number of rotatable bonds is 5. The standard InChI is InChI=1S/C14H21BrN2O/c1-4-10-17(5-2)13(18)14(3,16)11-6-8-12(15)9-7-11/h6-9H,4-5,10,16H2,1-3H3. The normalized spacial score (nSPS) is 14.1. The number of nitrogens with two attached hydrogens (primary N) is 1. The van der Waals surface area contributed by atoms with E-state index < -0.39 is 5.54 Å². The van der Waals surface area contributed by atoms with E-state index in [-0.39, 0.29) is 5.91 Å². The van der Waals surface area contributed by atoms with Crippen molar-refractivity contribution in [2.45, 2.75) is 32.7 Å². The van der Waals surface area contributed by atoms with Crippen molar-refractivity contribution in [1.82, 2.24) is 4.90 Å². The molecule has 1 rings (SSSR count). The molecule has 0 radical (unpaired) electrons. The van der Waals surface area contributed by atoms with E-state index in [0.29, 0.717) is 6.54 Å². The Kier molecular flexibility index (Phi) is 5.35. The summed E-state index contributed by atoms with van der Waals surface area (Å²) < 4.78 is 0.982. The summed E-state index contributed by atoms with van der Waals surface area (Å²) in [5, 5.41) is 0. The first-order valence-electron chi connectivity index (χ1n) is 6.27. The van der Waals surface area contributed by atoms with Gasteiger partial charge in [0.1, 0.15) is 5.54 Å². The number of halogens is 1. The van der Waals surface area contributed by atoms with Gasteiger partial charge in [0.05, 0.1) is 0 Å². The fourth-order valence-electron chi connectivity index (χ4n) is 1.92. The molecule has 0 saturated carbocycles. The highest BCUT2D eigenvalue weighted by Crippen LogP contribution is 2.22. The minimum atomic E-state index is -0.966. The second-order valence-electron chi connectivity index (χ2n) is 4.59. The predicted octanol–water partition coefficient (Wildman–Crippen LogP) is 2.88. The molecule has 18 heavy (non-hydrogen) atoms. The van der Waals surface area contributed by atoms with Crippen LogP contribution >= 0.6 is 15.9 Å². The van der Waals surface area contributed by atoms with Crippen molar-refractivity contribution < 1.29 is 4.79 Å². The van der Waals surface area contributed by atoms with E-state index in [1.807, 2.05) is 36.1 Å². The zero-order valence-electron chi connectivity index (χ0n) is 11.2. The van der Waals surface area contributed by atoms with Crippen LogP contribution in [-0.4, -0.2) is 23.9 Å². The quantitative estimate of drug-likeness (QED) is 0.908. The molecular weight excluding hydrogens is 292 g/mol. The fraction of sp³-hybridized carbons (Fsp3) is 0.500. The first kappa shape index (κ1) is 15.2. The van der Waals surface area contributed by atoms with E-state index in [1.165, 1.54) is 0 Å². The number of likely N-dealkylation sites (N-methyl/N-ethyl adjacent to an activating group) is 1. The third-order valence-electron chi connectivity index (χ3n) is 3.05. The van der Waals surface area contributed by atoms with E-state index in [1.54, 1.807) is 6.92 Å². The summed E-state index contributed by atoms with van der Waals surface area (Å²) in [7, 11) is 0. The van der Waals surface area contributed by atoms with Gasteiger partial charge in [-0.15, -0.1) is 0 Å². The first-order valence-corrected chi connectivity index (χ1v) is 7.07. The third-order valence-corrected chi connectivity index (χ3v) is 3.58. The van der Waals surface area contributed by atoms with Gasteiger partial charge in [-0.25, -0.2) is 0 Å². The molecule has 0 spiro atoms. The van der Waals surface area contributed by atoms with Crippen LogP contribution in [0.5, 0.6) is 0 Å². The number of hydrogen-bond donors (Lipinski definition) is 1. The molecule has 0 aliphatic rings. The Bertz CT molecular complexity index is 401. The molecule has 1 aromatic rings. The molecule has 1 unspecified atom stereocenters. The highest BCUT2D eigenvalue weighted by Gasteiger charge is 2.33. The number of carbonyl (C=O) groups excluding carboxylic acids is 1. The van der Waals surface area contributed by atoms with E-state index in [4.69, 9.17) is 5.73 Å². The van der Waals surface area contributed by atoms with Crippen LogP contribution < -0.4 is 5.73 Å². The fourth-order valence-corrected chi connectivity index (χ4v) is 2.19. The maximum Gasteiger partial charge on any atom is 0.246 e. The molecule has 0 saturated heterocycles. The zero-order valence-corrected chi connectivity index (χ0v) is 12.8. The van der Waals surface area contributed by atoms with Crippen LogP contribution in [0, 0.1) is 0 Å². The van der Waals surface area contributed by atoms with Crippen molar-refractivity contribution >= 4 is 21.8 Å². The Balaban J connectivity index is 2.97. The van der Waals surface area contributed by atoms with Crippen LogP contribution in [0.15, 0.2) is 28.7 Å². The molecule has 1 atom stereocenters. The lowest BCUT2D eigenvalue weighted by Crippen LogP contribution is -2.51. The summed E-state index contributed by atoms with van der Waals surface area (Å²) in [4.78, 5) is 14.3. The molecule has 0 aromatic heterocycles. The Morgan fingerprint density at radius 3 is 2.33 bits per heavy atom. The van der Waals surface area contributed by atoms with E-state index in [2.05, 4.69) is 22.9 Å². The van der Waals surface area contributed by atoms with E-state index in [0.717, 1.165) is 23.0 Å². The average molecular weight is 313 g/mol. The molecule has 1 amide bonds. The van der Waals surface area contributed by atoms with Gasteiger partial charge in [0, 0.05) is 17.6 Å². The number of hydrogen-bond acceptors (Lipinski definition) is 2. The van der Waals surface area contributed by atoms with Crippen molar-refractivity contribution in [3.05, 3.63) is 34.3 Å². The molecule has 0 heterocycles. The van der Waals surface area contributed by atoms with Crippen LogP contribution in [0.4, 0.5) is 0 Å². The maximum atomic E-state index is 12.5. The van der Waals surface area contributed by atoms with Gasteiger partial charge in [-0.3, -0.25) is 4.79 Å². The van der Waals surface area contributed by atoms with E-state index in [9.17, 15) is 4.79 Å². The lowest BCUT2D eigenvalue weighted by atomic mass is 9.91. The molecular formula is C14H21BrN2O. The lowest BCUT2D eigenvalue weighted by molar-refractivity contribution is -0.136. The van der Waals surface area contributed by atoms with Crippen molar-refractivity contribution in [3.8, 4) is 0 Å². The van der Waals surface area contributed by atoms with Crippen molar-refractivity contribution in [2.24, 2.45) is 5.73 Å². The van der Waals surface area contributed by atoms with Crippen LogP contribution in [0.2, 0.25) is 0 Å². The summed E-state index contributed by atoms with van der Waals surface area (Å²) in [5.41, 5.74) is 6.10.